The summed E-state index contributed by atoms with van der Waals surface area (Å²) in [5, 5.41) is 2.58. The summed E-state index contributed by atoms with van der Waals surface area (Å²) in [6.07, 6.45) is -0.277. The van der Waals surface area contributed by atoms with Crippen molar-refractivity contribution in [2.75, 3.05) is 18.1 Å². The van der Waals surface area contributed by atoms with Crippen molar-refractivity contribution in [2.24, 2.45) is 0 Å². The van der Waals surface area contributed by atoms with E-state index in [0.717, 1.165) is 17.3 Å². The average molecular weight is 509 g/mol. The highest BCUT2D eigenvalue weighted by Crippen LogP contribution is 2.22. The number of ether oxygens (including phenoxy) is 3. The molecule has 2 amide bonds. The Kier molecular flexibility index (Phi) is 10.00. The Hall–Kier alpha value is -2.75. The molecule has 35 heavy (non-hydrogen) atoms. The topological polar surface area (TPSA) is 111 Å². The first-order valence-corrected chi connectivity index (χ1v) is 12.7. The summed E-state index contributed by atoms with van der Waals surface area (Å²) in [7, 11) is 0. The van der Waals surface area contributed by atoms with Crippen LogP contribution in [0.15, 0.2) is 30.3 Å². The van der Waals surface area contributed by atoms with Crippen LogP contribution in [0.5, 0.6) is 0 Å². The number of thioether (sulfide) groups is 1. The predicted molar refractivity (Wildman–Crippen MR) is 133 cm³/mol. The average Bonchev–Trinajstić information content (AvgIpc) is 2.68. The van der Waals surface area contributed by atoms with E-state index in [9.17, 15) is 19.2 Å². The maximum Gasteiger partial charge on any atom is 0.408 e. The summed E-state index contributed by atoms with van der Waals surface area (Å²) >= 11 is 1.16. The molecule has 9 nitrogen and oxygen atoms in total. The van der Waals surface area contributed by atoms with E-state index in [1.807, 2.05) is 30.3 Å². The van der Waals surface area contributed by atoms with Crippen LogP contribution in [0.3, 0.4) is 0 Å². The lowest BCUT2D eigenvalue weighted by molar-refractivity contribution is -0.163. The van der Waals surface area contributed by atoms with Gasteiger partial charge < -0.3 is 24.4 Å². The van der Waals surface area contributed by atoms with Crippen molar-refractivity contribution < 1.29 is 33.4 Å². The molecule has 1 saturated heterocycles. The molecule has 2 atom stereocenters. The van der Waals surface area contributed by atoms with Crippen LogP contribution in [0.1, 0.15) is 53.5 Å². The van der Waals surface area contributed by atoms with E-state index in [2.05, 4.69) is 5.32 Å². The molecule has 1 aromatic carbocycles. The molecular weight excluding hydrogens is 472 g/mol. The van der Waals surface area contributed by atoms with Gasteiger partial charge >= 0.3 is 18.0 Å². The third-order valence-corrected chi connectivity index (χ3v) is 5.72. The van der Waals surface area contributed by atoms with E-state index in [1.165, 1.54) is 4.90 Å². The molecule has 1 heterocycles. The van der Waals surface area contributed by atoms with Crippen LogP contribution < -0.4 is 5.32 Å². The normalized spacial score (nSPS) is 16.5. The van der Waals surface area contributed by atoms with Crippen LogP contribution in [0.2, 0.25) is 0 Å². The summed E-state index contributed by atoms with van der Waals surface area (Å²) in [6, 6.07) is 7.57. The Labute approximate surface area is 211 Å². The number of esters is 2. The van der Waals surface area contributed by atoms with Gasteiger partial charge in [0.25, 0.3) is 0 Å². The molecular formula is C25H36N2O7S. The van der Waals surface area contributed by atoms with Gasteiger partial charge in [0.05, 0.1) is 5.75 Å². The number of amides is 2. The number of carbonyl (C=O) groups is 4. The molecule has 1 fully saturated rings. The van der Waals surface area contributed by atoms with E-state index in [1.54, 1.807) is 41.5 Å². The first kappa shape index (κ1) is 28.5. The zero-order chi connectivity index (χ0) is 26.2. The van der Waals surface area contributed by atoms with Crippen LogP contribution in [0.4, 0.5) is 4.79 Å². The second kappa shape index (κ2) is 12.3. The molecule has 194 valence electrons. The summed E-state index contributed by atoms with van der Waals surface area (Å²) in [5.41, 5.74) is -0.518. The molecule has 1 aliphatic rings. The van der Waals surface area contributed by atoms with E-state index < -0.39 is 47.2 Å². The van der Waals surface area contributed by atoms with Gasteiger partial charge in [0.2, 0.25) is 5.91 Å². The molecule has 0 aliphatic carbocycles. The molecule has 0 spiro atoms. The summed E-state index contributed by atoms with van der Waals surface area (Å²) < 4.78 is 16.0. The number of benzene rings is 1. The fourth-order valence-corrected chi connectivity index (χ4v) is 3.98. The molecule has 0 bridgehead atoms. The lowest BCUT2D eigenvalue weighted by Crippen LogP contribution is -2.61. The molecule has 2 rings (SSSR count). The number of hydrogen-bond donors (Lipinski definition) is 1. The quantitative estimate of drug-likeness (QED) is 0.400. The maximum absolute atomic E-state index is 13.2. The lowest BCUT2D eigenvalue weighted by Gasteiger charge is -2.41. The first-order valence-electron chi connectivity index (χ1n) is 11.6. The van der Waals surface area contributed by atoms with Crippen molar-refractivity contribution in [3.63, 3.8) is 0 Å². The first-order chi connectivity index (χ1) is 16.2. The van der Waals surface area contributed by atoms with Crippen LogP contribution in [0, 0.1) is 0 Å². The van der Waals surface area contributed by atoms with Gasteiger partial charge in [0.1, 0.15) is 29.9 Å². The molecule has 1 N–H and O–H groups in total. The number of hydrogen-bond acceptors (Lipinski definition) is 8. The number of likely N-dealkylation sites (tertiary alicyclic amines) is 1. The Bertz CT molecular complexity index is 893. The monoisotopic (exact) mass is 508 g/mol. The van der Waals surface area contributed by atoms with Gasteiger partial charge in [-0.3, -0.25) is 9.59 Å². The molecule has 0 saturated carbocycles. The Morgan fingerprint density at radius 3 is 2.20 bits per heavy atom. The van der Waals surface area contributed by atoms with Gasteiger partial charge in [-0.2, -0.15) is 0 Å². The van der Waals surface area contributed by atoms with Crippen molar-refractivity contribution in [3.05, 3.63) is 35.9 Å². The number of carbonyl (C=O) groups excluding carboxylic acids is 4. The van der Waals surface area contributed by atoms with E-state index in [4.69, 9.17) is 14.2 Å². The van der Waals surface area contributed by atoms with Crippen molar-refractivity contribution in [1.29, 1.82) is 0 Å². The molecule has 0 radical (unpaired) electrons. The minimum Gasteiger partial charge on any atom is -0.459 e. The highest BCUT2D eigenvalue weighted by Gasteiger charge is 2.42. The largest absolute Gasteiger partial charge is 0.459 e. The van der Waals surface area contributed by atoms with Crippen LogP contribution >= 0.6 is 11.8 Å². The predicted octanol–water partition coefficient (Wildman–Crippen LogP) is 3.30. The number of alkyl carbamates (subject to hydrolysis) is 1. The summed E-state index contributed by atoms with van der Waals surface area (Å²) in [4.78, 5) is 51.6. The SMILES string of the molecule is CC(C)(C)OC(=O)CSCC(NC(=O)OC(C)(C)C)C(=O)N1CCC1C(=O)OCc1ccccc1. The van der Waals surface area contributed by atoms with E-state index in [-0.39, 0.29) is 18.1 Å². The zero-order valence-electron chi connectivity index (χ0n) is 21.3. The van der Waals surface area contributed by atoms with Gasteiger partial charge in [-0.25, -0.2) is 9.59 Å². The van der Waals surface area contributed by atoms with Crippen LogP contribution in [-0.4, -0.2) is 70.2 Å². The minimum atomic E-state index is -0.984. The smallest absolute Gasteiger partial charge is 0.408 e. The third kappa shape index (κ3) is 10.2. The van der Waals surface area contributed by atoms with E-state index >= 15 is 0 Å². The number of rotatable bonds is 9. The Morgan fingerprint density at radius 1 is 1.03 bits per heavy atom. The second-order valence-corrected chi connectivity index (χ2v) is 11.3. The van der Waals surface area contributed by atoms with Gasteiger partial charge in [-0.1, -0.05) is 30.3 Å². The molecule has 1 aliphatic heterocycles. The van der Waals surface area contributed by atoms with Crippen molar-refractivity contribution in [3.8, 4) is 0 Å². The van der Waals surface area contributed by atoms with Gasteiger partial charge in [0, 0.05) is 12.3 Å². The van der Waals surface area contributed by atoms with Crippen LogP contribution in [0.25, 0.3) is 0 Å². The zero-order valence-corrected chi connectivity index (χ0v) is 22.1. The standard InChI is InChI=1S/C25H36N2O7S/c1-24(2,3)33-20(28)16-35-15-18(26-23(31)34-25(4,5)6)21(29)27-13-12-19(27)22(30)32-14-17-10-8-7-9-11-17/h7-11,18-19H,12-16H2,1-6H3,(H,26,31). The molecule has 1 aromatic rings. The van der Waals surface area contributed by atoms with E-state index in [0.29, 0.717) is 13.0 Å². The fraction of sp³-hybridized carbons (Fsp3) is 0.600. The summed E-state index contributed by atoms with van der Waals surface area (Å²) in [6.45, 7) is 10.9. The van der Waals surface area contributed by atoms with Crippen molar-refractivity contribution in [2.45, 2.75) is 77.9 Å². The second-order valence-electron chi connectivity index (χ2n) is 10.2. The summed E-state index contributed by atoms with van der Waals surface area (Å²) in [5.74, 6) is -1.22. The molecule has 2 unspecified atom stereocenters. The van der Waals surface area contributed by atoms with Crippen molar-refractivity contribution in [1.82, 2.24) is 10.2 Å². The minimum absolute atomic E-state index is 0.0135. The Morgan fingerprint density at radius 2 is 1.66 bits per heavy atom. The number of nitrogens with zero attached hydrogens (tertiary/aromatic N) is 1. The molecule has 0 aromatic heterocycles. The number of nitrogens with one attached hydrogen (secondary N) is 1. The van der Waals surface area contributed by atoms with Gasteiger partial charge in [0.15, 0.2) is 0 Å². The Balaban J connectivity index is 1.99. The highest BCUT2D eigenvalue weighted by atomic mass is 32.2. The van der Waals surface area contributed by atoms with Crippen LogP contribution in [-0.2, 0) is 35.2 Å². The third-order valence-electron chi connectivity index (χ3n) is 4.71. The fourth-order valence-electron chi connectivity index (χ4n) is 3.18. The van der Waals surface area contributed by atoms with Gasteiger partial charge in [-0.15, -0.1) is 11.8 Å². The van der Waals surface area contributed by atoms with Gasteiger partial charge in [-0.05, 0) is 53.5 Å². The lowest BCUT2D eigenvalue weighted by atomic mass is 10.0. The van der Waals surface area contributed by atoms with Crippen molar-refractivity contribution >= 4 is 35.7 Å². The highest BCUT2D eigenvalue weighted by molar-refractivity contribution is 8.00. The maximum atomic E-state index is 13.2. The molecule has 10 heteroatoms.